The van der Waals surface area contributed by atoms with Crippen LogP contribution < -0.4 is 9.47 Å². The Hall–Kier alpha value is -3.08. The highest BCUT2D eigenvalue weighted by atomic mass is 16.6. The highest BCUT2D eigenvalue weighted by molar-refractivity contribution is 6.13. The van der Waals surface area contributed by atoms with Gasteiger partial charge in [0.25, 0.3) is 0 Å². The normalized spacial score (nSPS) is 15.2. The van der Waals surface area contributed by atoms with Crippen LogP contribution in [0.1, 0.15) is 30.5 Å². The summed E-state index contributed by atoms with van der Waals surface area (Å²) in [7, 11) is 1.58. The highest BCUT2D eigenvalue weighted by Gasteiger charge is 2.25. The van der Waals surface area contributed by atoms with Crippen molar-refractivity contribution in [2.45, 2.75) is 26.9 Å². The third kappa shape index (κ3) is 3.77. The number of aliphatic imine (C=N–C) groups is 1. The summed E-state index contributed by atoms with van der Waals surface area (Å²) in [5.74, 6) is 1.11. The van der Waals surface area contributed by atoms with Gasteiger partial charge in [0.15, 0.2) is 17.2 Å². The zero-order chi connectivity index (χ0) is 18.7. The maximum atomic E-state index is 12.2. The van der Waals surface area contributed by atoms with Crippen molar-refractivity contribution in [2.75, 3.05) is 7.11 Å². The van der Waals surface area contributed by atoms with E-state index in [0.717, 1.165) is 16.7 Å². The number of carbonyl (C=O) groups excluding carboxylic acids is 1. The molecule has 2 aromatic rings. The fourth-order valence-electron chi connectivity index (χ4n) is 2.62. The minimum absolute atomic E-state index is 0.0409. The molecule has 0 saturated carbocycles. The molecule has 1 heterocycles. The minimum atomic E-state index is -0.468. The summed E-state index contributed by atoms with van der Waals surface area (Å²) in [6.45, 7) is 5.85. The second-order valence-electron chi connectivity index (χ2n) is 6.23. The number of carbonyl (C=O) groups is 1. The molecule has 0 saturated heterocycles. The number of hydrogen-bond donors (Lipinski definition) is 0. The Balaban J connectivity index is 1.92. The Morgan fingerprint density at radius 3 is 2.58 bits per heavy atom. The Morgan fingerprint density at radius 2 is 1.88 bits per heavy atom. The van der Waals surface area contributed by atoms with Gasteiger partial charge in [-0.05, 0) is 56.2 Å². The number of aryl methyl sites for hydroxylation is 1. The van der Waals surface area contributed by atoms with Crippen molar-refractivity contribution in [1.29, 1.82) is 0 Å². The molecule has 0 radical (unpaired) electrons. The molecule has 134 valence electrons. The number of hydrogen-bond acceptors (Lipinski definition) is 5. The first-order valence-electron chi connectivity index (χ1n) is 8.41. The maximum Gasteiger partial charge on any atom is 0.363 e. The first-order chi connectivity index (χ1) is 12.5. The van der Waals surface area contributed by atoms with E-state index in [-0.39, 0.29) is 11.8 Å². The van der Waals surface area contributed by atoms with Crippen molar-refractivity contribution in [3.63, 3.8) is 0 Å². The van der Waals surface area contributed by atoms with E-state index in [1.807, 2.05) is 57.2 Å². The molecule has 0 bridgehead atoms. The van der Waals surface area contributed by atoms with Gasteiger partial charge >= 0.3 is 5.97 Å². The molecule has 0 spiro atoms. The van der Waals surface area contributed by atoms with Crippen LogP contribution in [-0.2, 0) is 9.53 Å². The summed E-state index contributed by atoms with van der Waals surface area (Å²) in [5, 5.41) is 0. The van der Waals surface area contributed by atoms with Crippen LogP contribution in [0.2, 0.25) is 0 Å². The van der Waals surface area contributed by atoms with Gasteiger partial charge in [-0.25, -0.2) is 9.79 Å². The molecule has 0 unspecified atom stereocenters. The second kappa shape index (κ2) is 7.44. The van der Waals surface area contributed by atoms with Gasteiger partial charge in [0.1, 0.15) is 0 Å². The number of benzene rings is 2. The summed E-state index contributed by atoms with van der Waals surface area (Å²) in [4.78, 5) is 16.5. The molecule has 1 aliphatic heterocycles. The molecule has 26 heavy (non-hydrogen) atoms. The number of rotatable bonds is 5. The first-order valence-corrected chi connectivity index (χ1v) is 8.41. The van der Waals surface area contributed by atoms with Crippen LogP contribution >= 0.6 is 0 Å². The summed E-state index contributed by atoms with van der Waals surface area (Å²) in [6.07, 6.45) is 1.72. The summed E-state index contributed by atoms with van der Waals surface area (Å²) in [6, 6.07) is 13.1. The first kappa shape index (κ1) is 17.7. The lowest BCUT2D eigenvalue weighted by Crippen LogP contribution is -2.07. The average molecular weight is 351 g/mol. The summed E-state index contributed by atoms with van der Waals surface area (Å²) < 4.78 is 16.4. The van der Waals surface area contributed by atoms with Crippen LogP contribution in [-0.4, -0.2) is 25.1 Å². The highest BCUT2D eigenvalue weighted by Crippen LogP contribution is 2.30. The van der Waals surface area contributed by atoms with E-state index in [9.17, 15) is 4.79 Å². The van der Waals surface area contributed by atoms with Gasteiger partial charge in [-0.3, -0.25) is 0 Å². The number of cyclic esters (lactones) is 1. The molecule has 5 nitrogen and oxygen atoms in total. The van der Waals surface area contributed by atoms with Gasteiger partial charge in [0.05, 0.1) is 13.2 Å². The number of methoxy groups -OCH3 is 1. The molecule has 0 aliphatic carbocycles. The minimum Gasteiger partial charge on any atom is -0.493 e. The fraction of sp³-hybridized carbons (Fsp3) is 0.238. The van der Waals surface area contributed by atoms with Gasteiger partial charge in [0.2, 0.25) is 5.90 Å². The van der Waals surface area contributed by atoms with E-state index >= 15 is 0 Å². The van der Waals surface area contributed by atoms with E-state index in [1.54, 1.807) is 19.3 Å². The maximum absolute atomic E-state index is 12.2. The molecule has 0 atom stereocenters. The van der Waals surface area contributed by atoms with Crippen molar-refractivity contribution < 1.29 is 19.0 Å². The van der Waals surface area contributed by atoms with Crippen molar-refractivity contribution in [3.8, 4) is 11.5 Å². The molecule has 0 fully saturated rings. The van der Waals surface area contributed by atoms with Crippen LogP contribution in [0.3, 0.4) is 0 Å². The van der Waals surface area contributed by atoms with Crippen LogP contribution in [0, 0.1) is 6.92 Å². The number of ether oxygens (including phenoxy) is 3. The Morgan fingerprint density at radius 1 is 1.12 bits per heavy atom. The van der Waals surface area contributed by atoms with E-state index in [2.05, 4.69) is 4.99 Å². The van der Waals surface area contributed by atoms with E-state index in [1.165, 1.54) is 0 Å². The van der Waals surface area contributed by atoms with Crippen LogP contribution in [0.5, 0.6) is 11.5 Å². The molecule has 3 rings (SSSR count). The monoisotopic (exact) mass is 351 g/mol. The van der Waals surface area contributed by atoms with Gasteiger partial charge in [-0.2, -0.15) is 0 Å². The lowest BCUT2D eigenvalue weighted by atomic mass is 10.1. The molecule has 0 N–H and O–H groups in total. The lowest BCUT2D eigenvalue weighted by molar-refractivity contribution is -0.129. The second-order valence-corrected chi connectivity index (χ2v) is 6.23. The zero-order valence-corrected chi connectivity index (χ0v) is 15.3. The number of esters is 1. The van der Waals surface area contributed by atoms with Gasteiger partial charge in [-0.1, -0.05) is 24.3 Å². The quantitative estimate of drug-likeness (QED) is 0.600. The summed E-state index contributed by atoms with van der Waals surface area (Å²) >= 11 is 0. The van der Waals surface area contributed by atoms with Crippen LogP contribution in [0.25, 0.3) is 6.08 Å². The van der Waals surface area contributed by atoms with Crippen LogP contribution in [0.15, 0.2) is 53.2 Å². The van der Waals surface area contributed by atoms with Crippen LogP contribution in [0.4, 0.5) is 0 Å². The molecular weight excluding hydrogens is 330 g/mol. The third-order valence-corrected chi connectivity index (χ3v) is 3.85. The summed E-state index contributed by atoms with van der Waals surface area (Å²) in [5.41, 5.74) is 2.84. The van der Waals surface area contributed by atoms with Crippen molar-refractivity contribution >= 4 is 17.9 Å². The van der Waals surface area contributed by atoms with E-state index in [0.29, 0.717) is 17.4 Å². The average Bonchev–Trinajstić information content (AvgIpc) is 2.96. The topological polar surface area (TPSA) is 57.1 Å². The number of nitrogens with zero attached hydrogens (tertiary/aromatic N) is 1. The lowest BCUT2D eigenvalue weighted by Gasteiger charge is -2.13. The SMILES string of the molecule is COc1cc(/C=C2\N=C(c3ccccc3C)OC2=O)ccc1OC(C)C. The Labute approximate surface area is 152 Å². The zero-order valence-electron chi connectivity index (χ0n) is 15.3. The molecule has 0 amide bonds. The fourth-order valence-corrected chi connectivity index (χ4v) is 2.62. The van der Waals surface area contributed by atoms with E-state index in [4.69, 9.17) is 14.2 Å². The molecule has 5 heteroatoms. The Kier molecular flexibility index (Phi) is 5.07. The molecule has 1 aliphatic rings. The largest absolute Gasteiger partial charge is 0.493 e. The standard InChI is InChI=1S/C21H21NO4/c1-13(2)25-18-10-9-15(12-19(18)24-4)11-17-21(23)26-20(22-17)16-8-6-5-7-14(16)3/h5-13H,1-4H3/b17-11-. The predicted molar refractivity (Wildman–Crippen MR) is 101 cm³/mol. The van der Waals surface area contributed by atoms with Crippen molar-refractivity contribution in [2.24, 2.45) is 4.99 Å². The van der Waals surface area contributed by atoms with E-state index < -0.39 is 5.97 Å². The Bertz CT molecular complexity index is 897. The van der Waals surface area contributed by atoms with Gasteiger partial charge in [-0.15, -0.1) is 0 Å². The smallest absolute Gasteiger partial charge is 0.363 e. The van der Waals surface area contributed by atoms with Gasteiger partial charge < -0.3 is 14.2 Å². The van der Waals surface area contributed by atoms with Crippen molar-refractivity contribution in [1.82, 2.24) is 0 Å². The molecule has 2 aromatic carbocycles. The van der Waals surface area contributed by atoms with Crippen molar-refractivity contribution in [3.05, 3.63) is 64.9 Å². The molecule has 0 aromatic heterocycles. The molecular formula is C21H21NO4. The third-order valence-electron chi connectivity index (χ3n) is 3.85. The predicted octanol–water partition coefficient (Wildman–Crippen LogP) is 4.14. The van der Waals surface area contributed by atoms with Gasteiger partial charge in [0, 0.05) is 5.56 Å².